The van der Waals surface area contributed by atoms with E-state index in [1.807, 2.05) is 0 Å². The van der Waals surface area contributed by atoms with E-state index in [9.17, 15) is 0 Å². The summed E-state index contributed by atoms with van der Waals surface area (Å²) in [5.74, 6) is 0. The van der Waals surface area contributed by atoms with Gasteiger partial charge in [0.25, 0.3) is 0 Å². The maximum atomic E-state index is 5.31. The van der Waals surface area contributed by atoms with Crippen molar-refractivity contribution in [2.24, 2.45) is 5.41 Å². The molecule has 0 aromatic carbocycles. The summed E-state index contributed by atoms with van der Waals surface area (Å²) < 4.78 is 10.5. The van der Waals surface area contributed by atoms with Crippen molar-refractivity contribution in [2.45, 2.75) is 26.4 Å². The van der Waals surface area contributed by atoms with Crippen molar-refractivity contribution < 1.29 is 9.47 Å². The minimum Gasteiger partial charge on any atom is -0.380 e. The molecule has 1 N–H and O–H groups in total. The van der Waals surface area contributed by atoms with Gasteiger partial charge in [-0.2, -0.15) is 0 Å². The topological polar surface area (TPSA) is 30.5 Å². The van der Waals surface area contributed by atoms with Gasteiger partial charge in [0, 0.05) is 25.6 Å². The minimum absolute atomic E-state index is 0.0685. The molecule has 0 atom stereocenters. The Morgan fingerprint density at radius 2 is 2.08 bits per heavy atom. The molecule has 0 spiro atoms. The smallest absolute Gasteiger partial charge is 0.0746 e. The van der Waals surface area contributed by atoms with Gasteiger partial charge < -0.3 is 14.8 Å². The molecule has 78 valence electrons. The lowest BCUT2D eigenvalue weighted by Crippen LogP contribution is -2.49. The van der Waals surface area contributed by atoms with Crippen LogP contribution in [0, 0.1) is 5.41 Å². The molecule has 3 heteroatoms. The summed E-state index contributed by atoms with van der Waals surface area (Å²) in [5, 5.41) is 3.41. The van der Waals surface area contributed by atoms with Crippen LogP contribution in [0.4, 0.5) is 0 Å². The van der Waals surface area contributed by atoms with Crippen LogP contribution >= 0.6 is 0 Å². The Hall–Kier alpha value is -0.120. The predicted molar refractivity (Wildman–Crippen MR) is 52.9 cm³/mol. The first-order valence-corrected chi connectivity index (χ1v) is 4.81. The molecule has 1 saturated heterocycles. The lowest BCUT2D eigenvalue weighted by molar-refractivity contribution is -0.101. The second kappa shape index (κ2) is 3.95. The van der Waals surface area contributed by atoms with Crippen molar-refractivity contribution in [1.29, 1.82) is 0 Å². The van der Waals surface area contributed by atoms with E-state index in [4.69, 9.17) is 9.47 Å². The number of hydrogen-bond acceptors (Lipinski definition) is 3. The van der Waals surface area contributed by atoms with Gasteiger partial charge in [-0.15, -0.1) is 0 Å². The molecule has 13 heavy (non-hydrogen) atoms. The van der Waals surface area contributed by atoms with Crippen LogP contribution in [-0.4, -0.2) is 39.0 Å². The van der Waals surface area contributed by atoms with Crippen LogP contribution in [0.1, 0.15) is 20.8 Å². The Bertz CT molecular complexity index is 153. The second-order valence-electron chi connectivity index (χ2n) is 4.87. The number of nitrogens with one attached hydrogen (secondary N) is 1. The minimum atomic E-state index is -0.0685. The molecule has 1 fully saturated rings. The highest BCUT2D eigenvalue weighted by Gasteiger charge is 2.33. The fourth-order valence-corrected chi connectivity index (χ4v) is 1.29. The summed E-state index contributed by atoms with van der Waals surface area (Å²) in [5.41, 5.74) is 0.283. The standard InChI is InChI=1S/C10H21NO2/c1-9(2,12-4)5-11-6-10(3)7-13-8-10/h11H,5-8H2,1-4H3. The largest absolute Gasteiger partial charge is 0.380 e. The SMILES string of the molecule is COC(C)(C)CNCC1(C)COC1. The normalized spacial score (nSPS) is 21.2. The molecule has 0 aliphatic carbocycles. The van der Waals surface area contributed by atoms with Crippen LogP contribution in [-0.2, 0) is 9.47 Å². The molecule has 0 saturated carbocycles. The van der Waals surface area contributed by atoms with Crippen LogP contribution in [0.3, 0.4) is 0 Å². The van der Waals surface area contributed by atoms with Crippen molar-refractivity contribution in [2.75, 3.05) is 33.4 Å². The Morgan fingerprint density at radius 3 is 2.46 bits per heavy atom. The summed E-state index contributed by atoms with van der Waals surface area (Å²) >= 11 is 0. The summed E-state index contributed by atoms with van der Waals surface area (Å²) in [6.45, 7) is 10.1. The highest BCUT2D eigenvalue weighted by atomic mass is 16.5. The van der Waals surface area contributed by atoms with E-state index in [0.717, 1.165) is 26.3 Å². The lowest BCUT2D eigenvalue weighted by atomic mass is 9.88. The lowest BCUT2D eigenvalue weighted by Gasteiger charge is -2.39. The molecule has 0 aromatic heterocycles. The van der Waals surface area contributed by atoms with E-state index < -0.39 is 0 Å². The maximum absolute atomic E-state index is 5.31. The Labute approximate surface area is 80.8 Å². The summed E-state index contributed by atoms with van der Waals surface area (Å²) in [7, 11) is 1.75. The van der Waals surface area contributed by atoms with Gasteiger partial charge in [0.2, 0.25) is 0 Å². The third-order valence-electron chi connectivity index (χ3n) is 2.56. The number of methoxy groups -OCH3 is 1. The molecule has 1 aliphatic rings. The zero-order chi connectivity index (χ0) is 9.95. The van der Waals surface area contributed by atoms with Gasteiger partial charge in [0.1, 0.15) is 0 Å². The molecule has 1 heterocycles. The van der Waals surface area contributed by atoms with E-state index in [-0.39, 0.29) is 5.60 Å². The van der Waals surface area contributed by atoms with Crippen molar-refractivity contribution in [1.82, 2.24) is 5.32 Å². The van der Waals surface area contributed by atoms with Crippen LogP contribution in [0.15, 0.2) is 0 Å². The average Bonchev–Trinajstić information content (AvgIpc) is 2.01. The Morgan fingerprint density at radius 1 is 1.46 bits per heavy atom. The molecule has 0 unspecified atom stereocenters. The third kappa shape index (κ3) is 3.25. The van der Waals surface area contributed by atoms with Crippen LogP contribution in [0.2, 0.25) is 0 Å². The zero-order valence-corrected chi connectivity index (χ0v) is 9.14. The molecular formula is C10H21NO2. The van der Waals surface area contributed by atoms with Gasteiger partial charge in [-0.3, -0.25) is 0 Å². The second-order valence-corrected chi connectivity index (χ2v) is 4.87. The van der Waals surface area contributed by atoms with E-state index in [0.29, 0.717) is 5.41 Å². The summed E-state index contributed by atoms with van der Waals surface area (Å²) in [6.07, 6.45) is 0. The molecule has 0 bridgehead atoms. The monoisotopic (exact) mass is 187 g/mol. The molecule has 1 rings (SSSR count). The molecule has 0 aromatic rings. The first-order chi connectivity index (χ1) is 5.97. The van der Waals surface area contributed by atoms with Crippen molar-refractivity contribution in [3.05, 3.63) is 0 Å². The highest BCUT2D eigenvalue weighted by Crippen LogP contribution is 2.25. The van der Waals surface area contributed by atoms with Gasteiger partial charge in [0.15, 0.2) is 0 Å². The molecule has 1 aliphatic heterocycles. The van der Waals surface area contributed by atoms with Crippen molar-refractivity contribution >= 4 is 0 Å². The number of rotatable bonds is 5. The van der Waals surface area contributed by atoms with E-state index in [2.05, 4.69) is 26.1 Å². The first kappa shape index (κ1) is 11.0. The van der Waals surface area contributed by atoms with E-state index >= 15 is 0 Å². The first-order valence-electron chi connectivity index (χ1n) is 4.81. The number of ether oxygens (including phenoxy) is 2. The molecule has 0 amide bonds. The Balaban J connectivity index is 2.13. The van der Waals surface area contributed by atoms with Gasteiger partial charge in [0.05, 0.1) is 18.8 Å². The zero-order valence-electron chi connectivity index (χ0n) is 9.14. The van der Waals surface area contributed by atoms with Crippen molar-refractivity contribution in [3.8, 4) is 0 Å². The molecular weight excluding hydrogens is 166 g/mol. The fourth-order valence-electron chi connectivity index (χ4n) is 1.29. The fraction of sp³-hybridized carbons (Fsp3) is 1.00. The van der Waals surface area contributed by atoms with Gasteiger partial charge in [-0.25, -0.2) is 0 Å². The summed E-state index contributed by atoms with van der Waals surface area (Å²) in [6, 6.07) is 0. The van der Waals surface area contributed by atoms with Gasteiger partial charge in [-0.1, -0.05) is 6.92 Å². The van der Waals surface area contributed by atoms with Gasteiger partial charge in [-0.05, 0) is 13.8 Å². The summed E-state index contributed by atoms with van der Waals surface area (Å²) in [4.78, 5) is 0. The third-order valence-corrected chi connectivity index (χ3v) is 2.56. The van der Waals surface area contributed by atoms with Crippen LogP contribution < -0.4 is 5.32 Å². The van der Waals surface area contributed by atoms with Crippen LogP contribution in [0.25, 0.3) is 0 Å². The van der Waals surface area contributed by atoms with E-state index in [1.54, 1.807) is 7.11 Å². The average molecular weight is 187 g/mol. The quantitative estimate of drug-likeness (QED) is 0.697. The Kier molecular flexibility index (Phi) is 3.33. The van der Waals surface area contributed by atoms with Crippen molar-refractivity contribution in [3.63, 3.8) is 0 Å². The predicted octanol–water partition coefficient (Wildman–Crippen LogP) is 1.04. The molecule has 3 nitrogen and oxygen atoms in total. The maximum Gasteiger partial charge on any atom is 0.0746 e. The van der Waals surface area contributed by atoms with Gasteiger partial charge >= 0.3 is 0 Å². The number of hydrogen-bond donors (Lipinski definition) is 1. The highest BCUT2D eigenvalue weighted by molar-refractivity contribution is 4.84. The van der Waals surface area contributed by atoms with E-state index in [1.165, 1.54) is 0 Å². The van der Waals surface area contributed by atoms with Crippen LogP contribution in [0.5, 0.6) is 0 Å². The molecule has 0 radical (unpaired) electrons.